The number of hydrogen-bond acceptors (Lipinski definition) is 3. The molecule has 0 atom stereocenters. The Morgan fingerprint density at radius 3 is 2.05 bits per heavy atom. The number of nitrogens with zero attached hydrogens (tertiary/aromatic N) is 4. The highest BCUT2D eigenvalue weighted by Crippen LogP contribution is 2.43. The van der Waals surface area contributed by atoms with Crippen LogP contribution in [0.3, 0.4) is 0 Å². The van der Waals surface area contributed by atoms with Gasteiger partial charge >= 0.3 is 0 Å². The van der Waals surface area contributed by atoms with Crippen LogP contribution in [0.1, 0.15) is 40.6 Å². The summed E-state index contributed by atoms with van der Waals surface area (Å²) in [5.74, 6) is 1.47. The summed E-state index contributed by atoms with van der Waals surface area (Å²) in [4.78, 5) is 10.8. The third-order valence-electron chi connectivity index (χ3n) is 11.8. The molecule has 0 N–H and O–H groups in total. The summed E-state index contributed by atoms with van der Waals surface area (Å²) < 4.78 is 11.5. The Labute approximate surface area is 348 Å². The number of rotatable bonds is 6. The first-order chi connectivity index (χ1) is 29.7. The van der Waals surface area contributed by atoms with Crippen LogP contribution in [0.4, 0.5) is 0 Å². The molecule has 7 aromatic carbocycles. The van der Waals surface area contributed by atoms with Gasteiger partial charge in [0.25, 0.3) is 0 Å². The molecule has 0 unspecified atom stereocenters. The maximum Gasteiger partial charge on any atom is 0.235 e. The van der Waals surface area contributed by atoms with E-state index in [9.17, 15) is 0 Å². The summed E-state index contributed by atoms with van der Waals surface area (Å²) in [7, 11) is 0. The molecule has 1 aliphatic heterocycles. The molecule has 0 saturated carbocycles. The lowest BCUT2D eigenvalue weighted by molar-refractivity contribution is 0.305. The SMILES string of the molecule is C=Cc1c(/C=C\C)nc(-n2c3c(c4c5ccccc5ccc42)COc2ccccc2CC=C3c2ccc(-n3c4ccccc4c4ccccc43)cc2)nc1-c1ccccc1. The molecule has 10 aromatic rings. The van der Waals surface area contributed by atoms with Gasteiger partial charge in [-0.15, -0.1) is 0 Å². The van der Waals surface area contributed by atoms with Gasteiger partial charge in [0.15, 0.2) is 0 Å². The molecule has 0 amide bonds. The van der Waals surface area contributed by atoms with Crippen molar-refractivity contribution in [2.45, 2.75) is 20.0 Å². The smallest absolute Gasteiger partial charge is 0.235 e. The fraction of sp³-hybridized carbons (Fsp3) is 0.0545. The molecule has 0 aliphatic carbocycles. The van der Waals surface area contributed by atoms with E-state index in [1.807, 2.05) is 43.4 Å². The molecule has 0 saturated heterocycles. The second-order valence-corrected chi connectivity index (χ2v) is 15.2. The topological polar surface area (TPSA) is 44.9 Å². The first-order valence-electron chi connectivity index (χ1n) is 20.5. The van der Waals surface area contributed by atoms with Crippen LogP contribution in [0.5, 0.6) is 5.75 Å². The molecule has 1 aliphatic rings. The highest BCUT2D eigenvalue weighted by Gasteiger charge is 2.28. The number of fused-ring (bicyclic) bond motifs is 9. The van der Waals surface area contributed by atoms with Crippen LogP contribution in [-0.2, 0) is 13.0 Å². The van der Waals surface area contributed by atoms with Gasteiger partial charge in [-0.2, -0.15) is 0 Å². The van der Waals surface area contributed by atoms with E-state index in [-0.39, 0.29) is 0 Å². The predicted octanol–water partition coefficient (Wildman–Crippen LogP) is 13.6. The first kappa shape index (κ1) is 35.4. The van der Waals surface area contributed by atoms with Gasteiger partial charge in [-0.25, -0.2) is 9.97 Å². The van der Waals surface area contributed by atoms with Crippen molar-refractivity contribution in [1.29, 1.82) is 0 Å². The molecule has 11 rings (SSSR count). The quantitative estimate of drug-likeness (QED) is 0.169. The summed E-state index contributed by atoms with van der Waals surface area (Å²) in [5.41, 5.74) is 13.4. The van der Waals surface area contributed by atoms with E-state index in [0.29, 0.717) is 19.0 Å². The van der Waals surface area contributed by atoms with Crippen molar-refractivity contribution in [3.8, 4) is 28.6 Å². The molecule has 3 aromatic heterocycles. The van der Waals surface area contributed by atoms with Crippen LogP contribution in [0.15, 0.2) is 183 Å². The maximum atomic E-state index is 6.85. The van der Waals surface area contributed by atoms with Crippen molar-refractivity contribution >= 4 is 61.2 Å². The normalized spacial score (nSPS) is 12.8. The van der Waals surface area contributed by atoms with E-state index in [1.165, 1.54) is 21.8 Å². The van der Waals surface area contributed by atoms with E-state index >= 15 is 0 Å². The summed E-state index contributed by atoms with van der Waals surface area (Å²) in [6.07, 6.45) is 8.99. The maximum absolute atomic E-state index is 6.85. The highest BCUT2D eigenvalue weighted by atomic mass is 16.5. The van der Waals surface area contributed by atoms with Gasteiger partial charge in [0.05, 0.1) is 33.6 Å². The second kappa shape index (κ2) is 14.6. The van der Waals surface area contributed by atoms with E-state index in [2.05, 4.69) is 167 Å². The van der Waals surface area contributed by atoms with Crippen LogP contribution >= 0.6 is 0 Å². The van der Waals surface area contributed by atoms with Crippen molar-refractivity contribution in [3.63, 3.8) is 0 Å². The second-order valence-electron chi connectivity index (χ2n) is 15.2. The fourth-order valence-electron chi connectivity index (χ4n) is 9.16. The third kappa shape index (κ3) is 5.70. The molecular formula is C55H40N4O. The zero-order valence-corrected chi connectivity index (χ0v) is 33.2. The number of para-hydroxylation sites is 3. The average Bonchev–Trinajstić information content (AvgIpc) is 3.84. The van der Waals surface area contributed by atoms with Gasteiger partial charge in [0.2, 0.25) is 5.95 Å². The molecule has 60 heavy (non-hydrogen) atoms. The van der Waals surface area contributed by atoms with Crippen LogP contribution in [0.25, 0.3) is 84.1 Å². The Morgan fingerprint density at radius 2 is 1.30 bits per heavy atom. The van der Waals surface area contributed by atoms with Crippen LogP contribution < -0.4 is 4.74 Å². The number of aromatic nitrogens is 4. The van der Waals surface area contributed by atoms with Crippen molar-refractivity contribution in [2.75, 3.05) is 0 Å². The minimum absolute atomic E-state index is 0.360. The molecule has 0 fully saturated rings. The molecule has 5 nitrogen and oxygen atoms in total. The standard InChI is InChI=1S/C55H40N4O/c1-3-16-47-41(4-2)53(39-19-6-5-7-20-39)57-55(56-47)59-50-34-30-36-17-8-10-21-42(36)52(50)46-35-60-51-26-15-9-18-38(51)29-33-43(54(46)59)37-27-31-40(32-28-37)58-48-24-13-11-22-44(48)45-23-12-14-25-49(45)58/h3-28,30-34H,2,29,35H2,1H3/b16-3-,43-33?. The number of ether oxygens (including phenoxy) is 1. The van der Waals surface area contributed by atoms with E-state index in [1.54, 1.807) is 0 Å². The molecule has 5 heteroatoms. The molecule has 286 valence electrons. The van der Waals surface area contributed by atoms with Gasteiger partial charge in [-0.3, -0.25) is 4.57 Å². The summed E-state index contributed by atoms with van der Waals surface area (Å²) in [6, 6.07) is 58.1. The van der Waals surface area contributed by atoms with E-state index in [4.69, 9.17) is 14.7 Å². The Morgan fingerprint density at radius 1 is 0.617 bits per heavy atom. The lowest BCUT2D eigenvalue weighted by Gasteiger charge is -2.18. The van der Waals surface area contributed by atoms with Gasteiger partial charge in [-0.05, 0) is 77.7 Å². The van der Waals surface area contributed by atoms with Crippen LogP contribution in [-0.4, -0.2) is 19.1 Å². The molecule has 0 spiro atoms. The molecule has 0 bridgehead atoms. The molecule has 4 heterocycles. The van der Waals surface area contributed by atoms with Crippen LogP contribution in [0.2, 0.25) is 0 Å². The average molecular weight is 773 g/mol. The first-order valence-corrected chi connectivity index (χ1v) is 20.5. The van der Waals surface area contributed by atoms with Gasteiger partial charge in [0.1, 0.15) is 12.4 Å². The summed E-state index contributed by atoms with van der Waals surface area (Å²) in [5, 5.41) is 5.92. The number of allylic oxidation sites excluding steroid dienone is 2. The van der Waals surface area contributed by atoms with Gasteiger partial charge < -0.3 is 9.30 Å². The number of benzene rings is 7. The van der Waals surface area contributed by atoms with Gasteiger partial charge in [0, 0.05) is 44.1 Å². The molecular weight excluding hydrogens is 733 g/mol. The van der Waals surface area contributed by atoms with Crippen molar-refractivity contribution in [3.05, 3.63) is 216 Å². The van der Waals surface area contributed by atoms with E-state index in [0.717, 1.165) is 83.6 Å². The molecule has 0 radical (unpaired) electrons. The zero-order chi connectivity index (χ0) is 40.2. The fourth-order valence-corrected chi connectivity index (χ4v) is 9.16. The summed E-state index contributed by atoms with van der Waals surface area (Å²) in [6.45, 7) is 6.60. The lowest BCUT2D eigenvalue weighted by atomic mass is 9.95. The third-order valence-corrected chi connectivity index (χ3v) is 11.8. The Bertz CT molecular complexity index is 3310. The van der Waals surface area contributed by atoms with Crippen molar-refractivity contribution in [1.82, 2.24) is 19.1 Å². The zero-order valence-electron chi connectivity index (χ0n) is 33.2. The van der Waals surface area contributed by atoms with Crippen molar-refractivity contribution in [2.24, 2.45) is 0 Å². The van der Waals surface area contributed by atoms with Crippen molar-refractivity contribution < 1.29 is 4.74 Å². The largest absolute Gasteiger partial charge is 0.489 e. The number of hydrogen-bond donors (Lipinski definition) is 0. The lowest BCUT2D eigenvalue weighted by Crippen LogP contribution is -2.10. The Hall–Kier alpha value is -7.76. The predicted molar refractivity (Wildman–Crippen MR) is 249 cm³/mol. The minimum Gasteiger partial charge on any atom is -0.489 e. The Balaban J connectivity index is 1.21. The Kier molecular flexibility index (Phi) is 8.59. The summed E-state index contributed by atoms with van der Waals surface area (Å²) >= 11 is 0. The van der Waals surface area contributed by atoms with Gasteiger partial charge in [-0.1, -0.05) is 152 Å². The monoisotopic (exact) mass is 772 g/mol. The van der Waals surface area contributed by atoms with Crippen LogP contribution in [0, 0.1) is 0 Å². The minimum atomic E-state index is 0.360. The highest BCUT2D eigenvalue weighted by molar-refractivity contribution is 6.12. The van der Waals surface area contributed by atoms with E-state index < -0.39 is 0 Å².